The van der Waals surface area contributed by atoms with Crippen molar-refractivity contribution in [2.75, 3.05) is 31.1 Å². The van der Waals surface area contributed by atoms with Crippen molar-refractivity contribution in [3.63, 3.8) is 0 Å². The van der Waals surface area contributed by atoms with Gasteiger partial charge in [0.15, 0.2) is 5.84 Å². The lowest BCUT2D eigenvalue weighted by molar-refractivity contribution is 0.246. The minimum absolute atomic E-state index is 0.0123. The molecule has 8 heteroatoms. The number of hydrogen-bond donors (Lipinski definition) is 3. The first-order valence-corrected chi connectivity index (χ1v) is 9.99. The number of piperazine rings is 1. The van der Waals surface area contributed by atoms with E-state index in [0.717, 1.165) is 44.0 Å². The van der Waals surface area contributed by atoms with Crippen molar-refractivity contribution in [3.8, 4) is 0 Å². The molecule has 0 bridgehead atoms. The molecule has 1 saturated heterocycles. The Kier molecular flexibility index (Phi) is 6.53. The van der Waals surface area contributed by atoms with E-state index in [9.17, 15) is 4.79 Å². The Labute approximate surface area is 171 Å². The van der Waals surface area contributed by atoms with Crippen LogP contribution in [0.1, 0.15) is 36.5 Å². The zero-order chi connectivity index (χ0) is 21.0. The van der Waals surface area contributed by atoms with Gasteiger partial charge in [0.25, 0.3) is 5.56 Å². The van der Waals surface area contributed by atoms with Crippen LogP contribution in [0.3, 0.4) is 0 Å². The molecule has 1 aromatic carbocycles. The van der Waals surface area contributed by atoms with Crippen molar-refractivity contribution >= 4 is 11.5 Å². The van der Waals surface area contributed by atoms with Crippen LogP contribution in [0.4, 0.5) is 5.69 Å². The minimum Gasteiger partial charge on any atom is -0.368 e. The molecule has 1 aliphatic rings. The summed E-state index contributed by atoms with van der Waals surface area (Å²) < 4.78 is 0. The summed E-state index contributed by atoms with van der Waals surface area (Å²) in [5, 5.41) is 11.4. The summed E-state index contributed by atoms with van der Waals surface area (Å²) in [7, 11) is 0. The topological polar surface area (TPSA) is 112 Å². The first-order chi connectivity index (χ1) is 13.9. The van der Waals surface area contributed by atoms with Gasteiger partial charge < -0.3 is 9.88 Å². The van der Waals surface area contributed by atoms with Gasteiger partial charge in [-0.15, -0.1) is 5.11 Å². The van der Waals surface area contributed by atoms with Crippen LogP contribution < -0.4 is 10.5 Å². The summed E-state index contributed by atoms with van der Waals surface area (Å²) in [4.78, 5) is 23.3. The third kappa shape index (κ3) is 5.35. The van der Waals surface area contributed by atoms with E-state index >= 15 is 0 Å². The van der Waals surface area contributed by atoms with Gasteiger partial charge in [-0.3, -0.25) is 15.1 Å². The molecule has 2 heterocycles. The van der Waals surface area contributed by atoms with Gasteiger partial charge in [0.2, 0.25) is 0 Å². The monoisotopic (exact) mass is 395 g/mol. The van der Waals surface area contributed by atoms with Crippen LogP contribution in [-0.4, -0.2) is 46.9 Å². The molecule has 0 amide bonds. The predicted molar refractivity (Wildman–Crippen MR) is 114 cm³/mol. The number of amidine groups is 1. The molecule has 0 unspecified atom stereocenters. The summed E-state index contributed by atoms with van der Waals surface area (Å²) in [6.45, 7) is 10.1. The maximum atomic E-state index is 11.7. The normalized spacial score (nSPS) is 15.0. The van der Waals surface area contributed by atoms with E-state index in [2.05, 4.69) is 44.8 Å². The van der Waals surface area contributed by atoms with Gasteiger partial charge in [-0.2, -0.15) is 0 Å². The Morgan fingerprint density at radius 2 is 1.97 bits per heavy atom. The van der Waals surface area contributed by atoms with Gasteiger partial charge in [0.1, 0.15) is 5.82 Å². The maximum Gasteiger partial charge on any atom is 0.251 e. The van der Waals surface area contributed by atoms with E-state index in [1.54, 1.807) is 13.0 Å². The van der Waals surface area contributed by atoms with Crippen molar-refractivity contribution in [3.05, 3.63) is 57.3 Å². The fourth-order valence-corrected chi connectivity index (χ4v) is 3.80. The van der Waals surface area contributed by atoms with E-state index in [1.807, 2.05) is 12.1 Å². The fraction of sp³-hybridized carbons (Fsp3) is 0.476. The molecule has 1 aromatic heterocycles. The van der Waals surface area contributed by atoms with E-state index < -0.39 is 0 Å². The van der Waals surface area contributed by atoms with Crippen LogP contribution in [0, 0.1) is 23.8 Å². The van der Waals surface area contributed by atoms with E-state index in [4.69, 9.17) is 10.9 Å². The van der Waals surface area contributed by atoms with Crippen LogP contribution in [-0.2, 0) is 13.0 Å². The van der Waals surface area contributed by atoms with Gasteiger partial charge in [0.05, 0.1) is 5.69 Å². The molecule has 0 radical (unpaired) electrons. The molecular formula is C21H29N7O. The predicted octanol–water partition coefficient (Wildman–Crippen LogP) is 2.96. The van der Waals surface area contributed by atoms with Crippen molar-refractivity contribution in [1.82, 2.24) is 14.9 Å². The SMILES string of the molecule is Cc1nc(CN2CCN(c3cc(CC(C)C)ccc3C(=N)N=N)CC2)cc(=O)[nH]1. The summed E-state index contributed by atoms with van der Waals surface area (Å²) in [6.07, 6.45) is 0.978. The molecule has 1 aliphatic heterocycles. The van der Waals surface area contributed by atoms with Crippen LogP contribution in [0.2, 0.25) is 0 Å². The van der Waals surface area contributed by atoms with E-state index in [1.165, 1.54) is 5.56 Å². The quantitative estimate of drug-likeness (QED) is 0.396. The standard InChI is InChI=1S/C21H29N7O/c1-14(2)10-16-4-5-18(21(22)26-23)19(11-16)28-8-6-27(7-9-28)13-17-12-20(29)25-15(3)24-17/h4-5,11-12,14,22-23H,6-10,13H2,1-3H3,(H,24,25,29). The molecule has 8 nitrogen and oxygen atoms in total. The molecule has 29 heavy (non-hydrogen) atoms. The van der Waals surface area contributed by atoms with Gasteiger partial charge >= 0.3 is 0 Å². The number of aromatic nitrogens is 2. The lowest BCUT2D eigenvalue weighted by atomic mass is 9.99. The second-order valence-corrected chi connectivity index (χ2v) is 8.00. The van der Waals surface area contributed by atoms with Crippen molar-refractivity contribution in [2.24, 2.45) is 11.0 Å². The maximum absolute atomic E-state index is 11.7. The van der Waals surface area contributed by atoms with Gasteiger partial charge in [-0.05, 0) is 37.0 Å². The summed E-state index contributed by atoms with van der Waals surface area (Å²) in [6, 6.07) is 7.66. The van der Waals surface area contributed by atoms with E-state index in [0.29, 0.717) is 23.9 Å². The van der Waals surface area contributed by atoms with Crippen molar-refractivity contribution in [1.29, 1.82) is 10.9 Å². The number of aryl methyl sites for hydroxylation is 1. The summed E-state index contributed by atoms with van der Waals surface area (Å²) in [5.41, 5.74) is 10.8. The summed E-state index contributed by atoms with van der Waals surface area (Å²) >= 11 is 0. The fourth-order valence-electron chi connectivity index (χ4n) is 3.80. The largest absolute Gasteiger partial charge is 0.368 e. The second kappa shape index (κ2) is 9.09. The molecule has 0 aliphatic carbocycles. The summed E-state index contributed by atoms with van der Waals surface area (Å²) in [5.74, 6) is 1.17. The minimum atomic E-state index is -0.115. The number of rotatable bonds is 6. The zero-order valence-corrected chi connectivity index (χ0v) is 17.3. The number of hydrogen-bond acceptors (Lipinski definition) is 6. The average Bonchev–Trinajstić information content (AvgIpc) is 2.66. The Morgan fingerprint density at radius 3 is 2.59 bits per heavy atom. The number of anilines is 1. The highest BCUT2D eigenvalue weighted by atomic mass is 16.1. The van der Waals surface area contributed by atoms with Gasteiger partial charge in [-0.25, -0.2) is 10.5 Å². The molecule has 2 aromatic rings. The average molecular weight is 396 g/mol. The van der Waals surface area contributed by atoms with Crippen LogP contribution in [0.5, 0.6) is 0 Å². The van der Waals surface area contributed by atoms with Crippen molar-refractivity contribution < 1.29 is 0 Å². The van der Waals surface area contributed by atoms with Gasteiger partial charge in [0, 0.05) is 50.0 Å². The second-order valence-electron chi connectivity index (χ2n) is 8.00. The van der Waals surface area contributed by atoms with Crippen LogP contribution >= 0.6 is 0 Å². The third-order valence-electron chi connectivity index (χ3n) is 5.08. The molecular weight excluding hydrogens is 366 g/mol. The van der Waals surface area contributed by atoms with Crippen molar-refractivity contribution in [2.45, 2.75) is 33.7 Å². The first kappa shape index (κ1) is 20.9. The number of benzene rings is 1. The molecule has 1 fully saturated rings. The lowest BCUT2D eigenvalue weighted by Gasteiger charge is -2.37. The molecule has 3 rings (SSSR count). The smallest absolute Gasteiger partial charge is 0.251 e. The zero-order valence-electron chi connectivity index (χ0n) is 17.3. The Balaban J connectivity index is 1.74. The Morgan fingerprint density at radius 1 is 1.24 bits per heavy atom. The van der Waals surface area contributed by atoms with Crippen LogP contribution in [0.25, 0.3) is 0 Å². The number of nitrogens with one attached hydrogen (secondary N) is 3. The Hall–Kier alpha value is -2.87. The molecule has 0 saturated carbocycles. The molecule has 154 valence electrons. The number of aromatic amines is 1. The highest BCUT2D eigenvalue weighted by Crippen LogP contribution is 2.26. The van der Waals surface area contributed by atoms with Crippen LogP contribution in [0.15, 0.2) is 34.2 Å². The third-order valence-corrected chi connectivity index (χ3v) is 5.08. The molecule has 0 atom stereocenters. The van der Waals surface area contributed by atoms with E-state index in [-0.39, 0.29) is 11.4 Å². The van der Waals surface area contributed by atoms with Gasteiger partial charge in [-0.1, -0.05) is 19.9 Å². The highest BCUT2D eigenvalue weighted by Gasteiger charge is 2.21. The molecule has 0 spiro atoms. The first-order valence-electron chi connectivity index (χ1n) is 9.99. The lowest BCUT2D eigenvalue weighted by Crippen LogP contribution is -2.46. The number of nitrogens with zero attached hydrogens (tertiary/aromatic N) is 4. The number of H-pyrrole nitrogens is 1. The molecule has 3 N–H and O–H groups in total. The Bertz CT molecular complexity index is 942. The highest BCUT2D eigenvalue weighted by molar-refractivity contribution is 6.01.